The minimum atomic E-state index is -3.63. The highest BCUT2D eigenvalue weighted by Crippen LogP contribution is 2.41. The largest absolute Gasteiger partial charge is 0.586 e. The van der Waals surface area contributed by atoms with E-state index >= 15 is 0 Å². The molecule has 0 fully saturated rings. The zero-order valence-corrected chi connectivity index (χ0v) is 9.64. The van der Waals surface area contributed by atoms with Gasteiger partial charge in [-0.05, 0) is 25.1 Å². The van der Waals surface area contributed by atoms with Crippen LogP contribution in [0.1, 0.15) is 12.5 Å². The second-order valence-electron chi connectivity index (χ2n) is 3.09. The molecule has 1 aliphatic heterocycles. The van der Waals surface area contributed by atoms with E-state index < -0.39 is 6.29 Å². The van der Waals surface area contributed by atoms with Crippen LogP contribution in [0.5, 0.6) is 11.5 Å². The van der Waals surface area contributed by atoms with E-state index in [1.54, 1.807) is 6.92 Å². The molecule has 17 heavy (non-hydrogen) atoms. The number of nitrogens with one attached hydrogen (secondary N) is 1. The highest BCUT2D eigenvalue weighted by molar-refractivity contribution is 5.92. The van der Waals surface area contributed by atoms with Gasteiger partial charge in [0.1, 0.15) is 0 Å². The van der Waals surface area contributed by atoms with Gasteiger partial charge >= 0.3 is 6.29 Å². The van der Waals surface area contributed by atoms with Crippen molar-refractivity contribution >= 4 is 18.3 Å². The summed E-state index contributed by atoms with van der Waals surface area (Å²) in [7, 11) is 0. The van der Waals surface area contributed by atoms with Crippen LogP contribution in [0.2, 0.25) is 0 Å². The van der Waals surface area contributed by atoms with Gasteiger partial charge in [-0.15, -0.1) is 21.2 Å². The Labute approximate surface area is 102 Å². The van der Waals surface area contributed by atoms with E-state index in [9.17, 15) is 8.78 Å². The zero-order valence-electron chi connectivity index (χ0n) is 8.83. The molecule has 1 aromatic rings. The van der Waals surface area contributed by atoms with Crippen molar-refractivity contribution in [1.82, 2.24) is 0 Å². The number of rotatable bonds is 2. The summed E-state index contributed by atoms with van der Waals surface area (Å²) >= 11 is 0. The maximum absolute atomic E-state index is 12.7. The Morgan fingerprint density at radius 2 is 2.00 bits per heavy atom. The highest BCUT2D eigenvalue weighted by Gasteiger charge is 2.43. The summed E-state index contributed by atoms with van der Waals surface area (Å²) in [6, 6.07) is 4.06. The summed E-state index contributed by atoms with van der Waals surface area (Å²) < 4.78 is 38.8. The van der Waals surface area contributed by atoms with E-state index in [-0.39, 0.29) is 29.8 Å². The van der Waals surface area contributed by atoms with Crippen LogP contribution in [0.4, 0.5) is 8.78 Å². The lowest BCUT2D eigenvalue weighted by Crippen LogP contribution is -2.25. The first-order valence-corrected chi connectivity index (χ1v) is 4.63. The minimum absolute atomic E-state index is 0. The first-order valence-electron chi connectivity index (χ1n) is 4.63. The zero-order chi connectivity index (χ0) is 11.8. The Balaban J connectivity index is 0.00000144. The number of fused-ring (bicyclic) bond motifs is 1. The summed E-state index contributed by atoms with van der Waals surface area (Å²) in [5.74, 6) is -0.228. The van der Waals surface area contributed by atoms with Crippen LogP contribution in [-0.4, -0.2) is 18.8 Å². The molecule has 1 heterocycles. The van der Waals surface area contributed by atoms with E-state index in [2.05, 4.69) is 9.47 Å². The van der Waals surface area contributed by atoms with Crippen LogP contribution >= 0.6 is 12.4 Å². The third-order valence-corrected chi connectivity index (χ3v) is 1.95. The van der Waals surface area contributed by atoms with Crippen LogP contribution in [0.25, 0.3) is 0 Å². The van der Waals surface area contributed by atoms with E-state index in [1.807, 2.05) is 0 Å². The molecule has 0 aromatic heterocycles. The van der Waals surface area contributed by atoms with Crippen LogP contribution < -0.4 is 9.47 Å². The Morgan fingerprint density at radius 3 is 2.65 bits per heavy atom. The molecule has 94 valence electrons. The predicted molar refractivity (Wildman–Crippen MR) is 58.3 cm³/mol. The molecule has 0 atom stereocenters. The van der Waals surface area contributed by atoms with Gasteiger partial charge in [0.15, 0.2) is 11.5 Å². The summed E-state index contributed by atoms with van der Waals surface area (Å²) in [4.78, 5) is 0. The molecule has 0 radical (unpaired) electrons. The molecular weight excluding hydrogens is 256 g/mol. The van der Waals surface area contributed by atoms with E-state index in [4.69, 9.17) is 10.1 Å². The quantitative estimate of drug-likeness (QED) is 0.661. The van der Waals surface area contributed by atoms with E-state index in [0.29, 0.717) is 12.2 Å². The van der Waals surface area contributed by atoms with Crippen molar-refractivity contribution in [1.29, 1.82) is 5.41 Å². The fourth-order valence-corrected chi connectivity index (χ4v) is 1.32. The van der Waals surface area contributed by atoms with Crippen LogP contribution in [-0.2, 0) is 4.74 Å². The molecule has 0 amide bonds. The smallest absolute Gasteiger partial charge is 0.478 e. The SMILES string of the molecule is CCOC(=N)c1ccc2c(c1)OC(F)(F)O2.Cl. The summed E-state index contributed by atoms with van der Waals surface area (Å²) in [5, 5.41) is 7.49. The van der Waals surface area contributed by atoms with Crippen molar-refractivity contribution < 1.29 is 23.0 Å². The van der Waals surface area contributed by atoms with Crippen LogP contribution in [0.3, 0.4) is 0 Å². The third-order valence-electron chi connectivity index (χ3n) is 1.95. The maximum atomic E-state index is 12.7. The van der Waals surface area contributed by atoms with E-state index in [0.717, 1.165) is 0 Å². The number of benzene rings is 1. The molecule has 0 spiro atoms. The highest BCUT2D eigenvalue weighted by atomic mass is 35.5. The number of hydrogen-bond donors (Lipinski definition) is 1. The van der Waals surface area contributed by atoms with Crippen LogP contribution in [0, 0.1) is 5.41 Å². The molecule has 0 unspecified atom stereocenters. The standard InChI is InChI=1S/C10H9F2NO3.ClH/c1-2-14-9(13)6-3-4-7-8(5-6)16-10(11,12)15-7;/h3-5,13H,2H2,1H3;1H. The third kappa shape index (κ3) is 2.76. The number of halogens is 3. The first kappa shape index (κ1) is 13.5. The van der Waals surface area contributed by atoms with Crippen molar-refractivity contribution in [2.45, 2.75) is 13.2 Å². The second kappa shape index (κ2) is 4.75. The van der Waals surface area contributed by atoms with Gasteiger partial charge < -0.3 is 14.2 Å². The lowest BCUT2D eigenvalue weighted by atomic mass is 10.2. The lowest BCUT2D eigenvalue weighted by Gasteiger charge is -2.05. The van der Waals surface area contributed by atoms with Crippen molar-refractivity contribution in [3.05, 3.63) is 23.8 Å². The molecule has 0 saturated heterocycles. The molecule has 4 nitrogen and oxygen atoms in total. The summed E-state index contributed by atoms with van der Waals surface area (Å²) in [6.45, 7) is 2.07. The monoisotopic (exact) mass is 265 g/mol. The molecule has 1 aliphatic rings. The number of alkyl halides is 2. The first-order chi connectivity index (χ1) is 7.52. The van der Waals surface area contributed by atoms with Crippen molar-refractivity contribution in [3.8, 4) is 11.5 Å². The van der Waals surface area contributed by atoms with Crippen molar-refractivity contribution in [3.63, 3.8) is 0 Å². The van der Waals surface area contributed by atoms with Gasteiger partial charge in [-0.25, -0.2) is 0 Å². The normalized spacial score (nSPS) is 15.0. The van der Waals surface area contributed by atoms with Gasteiger partial charge in [0, 0.05) is 5.56 Å². The average Bonchev–Trinajstić information content (AvgIpc) is 2.50. The molecule has 0 bridgehead atoms. The fraction of sp³-hybridized carbons (Fsp3) is 0.300. The van der Waals surface area contributed by atoms with Crippen LogP contribution in [0.15, 0.2) is 18.2 Å². The van der Waals surface area contributed by atoms with Gasteiger partial charge in [0.2, 0.25) is 5.90 Å². The lowest BCUT2D eigenvalue weighted by molar-refractivity contribution is -0.286. The maximum Gasteiger partial charge on any atom is 0.586 e. The van der Waals surface area contributed by atoms with Gasteiger partial charge in [0.25, 0.3) is 0 Å². The summed E-state index contributed by atoms with van der Waals surface area (Å²) in [6.07, 6.45) is -3.63. The molecule has 2 rings (SSSR count). The number of ether oxygens (including phenoxy) is 3. The molecule has 0 aliphatic carbocycles. The fourth-order valence-electron chi connectivity index (χ4n) is 1.32. The molecule has 7 heteroatoms. The van der Waals surface area contributed by atoms with Gasteiger partial charge in [-0.2, -0.15) is 0 Å². The predicted octanol–water partition coefficient (Wildman–Crippen LogP) is 2.79. The Kier molecular flexibility index (Phi) is 3.77. The summed E-state index contributed by atoms with van der Waals surface area (Å²) in [5.41, 5.74) is 0.363. The minimum Gasteiger partial charge on any atom is -0.478 e. The van der Waals surface area contributed by atoms with Crippen molar-refractivity contribution in [2.24, 2.45) is 0 Å². The van der Waals surface area contributed by atoms with Gasteiger partial charge in [-0.3, -0.25) is 5.41 Å². The number of hydrogen-bond acceptors (Lipinski definition) is 4. The van der Waals surface area contributed by atoms with Gasteiger partial charge in [0.05, 0.1) is 6.61 Å². The topological polar surface area (TPSA) is 51.5 Å². The van der Waals surface area contributed by atoms with Crippen molar-refractivity contribution in [2.75, 3.05) is 6.61 Å². The Hall–Kier alpha value is -1.56. The molecule has 0 saturated carbocycles. The second-order valence-corrected chi connectivity index (χ2v) is 3.09. The van der Waals surface area contributed by atoms with Gasteiger partial charge in [-0.1, -0.05) is 0 Å². The van der Waals surface area contributed by atoms with E-state index in [1.165, 1.54) is 18.2 Å². The molecular formula is C10H10ClF2NO3. The average molecular weight is 266 g/mol. The molecule has 1 aromatic carbocycles. The Morgan fingerprint density at radius 1 is 1.35 bits per heavy atom. The molecule has 1 N–H and O–H groups in total. The Bertz CT molecular complexity index is 440.